The zero-order valence-electron chi connectivity index (χ0n) is 14.5. The molecule has 2 aromatic carbocycles. The van der Waals surface area contributed by atoms with Crippen molar-refractivity contribution in [3.63, 3.8) is 0 Å². The summed E-state index contributed by atoms with van der Waals surface area (Å²) in [5.41, 5.74) is 1.18. The molecule has 2 aliphatic heterocycles. The molecule has 2 aliphatic rings. The molecule has 0 aliphatic carbocycles. The fourth-order valence-corrected chi connectivity index (χ4v) is 4.12. The lowest BCUT2D eigenvalue weighted by molar-refractivity contribution is -0.125. The van der Waals surface area contributed by atoms with Gasteiger partial charge in [-0.15, -0.1) is 0 Å². The fourth-order valence-electron chi connectivity index (χ4n) is 4.00. The Morgan fingerprint density at radius 1 is 1.11 bits per heavy atom. The lowest BCUT2D eigenvalue weighted by atomic mass is 9.72. The minimum atomic E-state index is -1.28. The van der Waals surface area contributed by atoms with Gasteiger partial charge in [-0.2, -0.15) is 5.10 Å². The molecule has 8 heteroatoms. The molecule has 1 atom stereocenters. The molecular formula is C20H14ClFN4O2. The third-order valence-corrected chi connectivity index (χ3v) is 5.56. The molecule has 0 bridgehead atoms. The van der Waals surface area contributed by atoms with Crippen LogP contribution in [0.1, 0.15) is 23.1 Å². The number of benzene rings is 2. The molecule has 3 aromatic rings. The Labute approximate surface area is 164 Å². The molecule has 5 rings (SSSR count). The topological polar surface area (TPSA) is 76.0 Å². The first-order valence-corrected chi connectivity index (χ1v) is 9.07. The monoisotopic (exact) mass is 396 g/mol. The molecule has 3 heterocycles. The minimum Gasteiger partial charge on any atom is -0.325 e. The molecule has 1 spiro atoms. The zero-order valence-corrected chi connectivity index (χ0v) is 15.3. The van der Waals surface area contributed by atoms with Gasteiger partial charge < -0.3 is 10.6 Å². The van der Waals surface area contributed by atoms with Crippen LogP contribution in [0.15, 0.2) is 48.7 Å². The summed E-state index contributed by atoms with van der Waals surface area (Å²) in [4.78, 5) is 25.5. The van der Waals surface area contributed by atoms with Crippen molar-refractivity contribution in [1.29, 1.82) is 0 Å². The average Bonchev–Trinajstić information content (AvgIpc) is 3.18. The number of fused-ring (bicyclic) bond motifs is 4. The highest BCUT2D eigenvalue weighted by Crippen LogP contribution is 2.49. The van der Waals surface area contributed by atoms with E-state index in [0.717, 1.165) is 5.56 Å². The summed E-state index contributed by atoms with van der Waals surface area (Å²) in [6.45, 7) is 0.389. The van der Waals surface area contributed by atoms with Crippen LogP contribution in [0.25, 0.3) is 0 Å². The van der Waals surface area contributed by atoms with Gasteiger partial charge in [0.1, 0.15) is 17.1 Å². The summed E-state index contributed by atoms with van der Waals surface area (Å²) in [7, 11) is 0. The largest absolute Gasteiger partial charge is 0.325 e. The number of nitrogens with zero attached hydrogens (tertiary/aromatic N) is 2. The number of nitrogens with one attached hydrogen (secondary N) is 2. The molecule has 28 heavy (non-hydrogen) atoms. The number of rotatable bonds is 2. The first kappa shape index (κ1) is 16.9. The van der Waals surface area contributed by atoms with E-state index in [1.54, 1.807) is 23.0 Å². The SMILES string of the molecule is O=C1C[C@@]2(C(=O)Nc3ccc(F)cc32)c2cnn(Cc3ccc(Cl)cc3)c2N1. The van der Waals surface area contributed by atoms with Gasteiger partial charge in [-0.05, 0) is 41.5 Å². The van der Waals surface area contributed by atoms with Crippen molar-refractivity contribution < 1.29 is 14.0 Å². The standard InChI is InChI=1S/C20H14ClFN4O2/c21-12-3-1-11(2-4-12)10-26-18-15(9-23-26)20(8-17(27)25-18)14-7-13(22)5-6-16(14)24-19(20)28/h1-7,9H,8,10H2,(H,24,28)(H,25,27)/t20-/m0/s1. The van der Waals surface area contributed by atoms with Gasteiger partial charge in [-0.25, -0.2) is 9.07 Å². The Balaban J connectivity index is 1.65. The Kier molecular flexibility index (Phi) is 3.57. The number of halogens is 2. The maximum Gasteiger partial charge on any atom is 0.240 e. The first-order chi connectivity index (χ1) is 13.5. The summed E-state index contributed by atoms with van der Waals surface area (Å²) in [6, 6.07) is 11.4. The highest BCUT2D eigenvalue weighted by atomic mass is 35.5. The number of carbonyl (C=O) groups is 2. The van der Waals surface area contributed by atoms with Crippen molar-refractivity contribution in [2.45, 2.75) is 18.4 Å². The average molecular weight is 397 g/mol. The Bertz CT molecular complexity index is 1140. The molecule has 2 amide bonds. The lowest BCUT2D eigenvalue weighted by Gasteiger charge is -2.31. The van der Waals surface area contributed by atoms with Crippen LogP contribution in [-0.4, -0.2) is 21.6 Å². The Morgan fingerprint density at radius 3 is 2.68 bits per heavy atom. The van der Waals surface area contributed by atoms with Crippen molar-refractivity contribution in [2.75, 3.05) is 10.6 Å². The third-order valence-electron chi connectivity index (χ3n) is 5.31. The van der Waals surface area contributed by atoms with Crippen molar-refractivity contribution in [3.8, 4) is 0 Å². The summed E-state index contributed by atoms with van der Waals surface area (Å²) in [5.74, 6) is -0.693. The van der Waals surface area contributed by atoms with E-state index in [9.17, 15) is 14.0 Å². The van der Waals surface area contributed by atoms with Gasteiger partial charge in [0.25, 0.3) is 0 Å². The van der Waals surface area contributed by atoms with Crippen LogP contribution in [0, 0.1) is 5.82 Å². The predicted molar refractivity (Wildman–Crippen MR) is 102 cm³/mol. The summed E-state index contributed by atoms with van der Waals surface area (Å²) in [5, 5.41) is 10.6. The van der Waals surface area contributed by atoms with Gasteiger partial charge >= 0.3 is 0 Å². The maximum atomic E-state index is 14.0. The van der Waals surface area contributed by atoms with E-state index >= 15 is 0 Å². The van der Waals surface area contributed by atoms with Crippen LogP contribution < -0.4 is 10.6 Å². The molecule has 0 radical (unpaired) electrons. The molecule has 140 valence electrons. The molecule has 2 N–H and O–H groups in total. The smallest absolute Gasteiger partial charge is 0.240 e. The number of hydrogen-bond acceptors (Lipinski definition) is 3. The number of hydrogen-bond donors (Lipinski definition) is 2. The molecular weight excluding hydrogens is 383 g/mol. The molecule has 6 nitrogen and oxygen atoms in total. The first-order valence-electron chi connectivity index (χ1n) is 8.69. The van der Waals surface area contributed by atoms with E-state index < -0.39 is 11.2 Å². The summed E-state index contributed by atoms with van der Waals surface area (Å²) >= 11 is 5.93. The number of aromatic nitrogens is 2. The molecule has 0 fully saturated rings. The molecule has 0 saturated heterocycles. The van der Waals surface area contributed by atoms with Crippen LogP contribution in [0.4, 0.5) is 15.9 Å². The van der Waals surface area contributed by atoms with E-state index in [0.29, 0.717) is 34.2 Å². The maximum absolute atomic E-state index is 14.0. The second-order valence-electron chi connectivity index (χ2n) is 6.97. The second kappa shape index (κ2) is 5.90. The van der Waals surface area contributed by atoms with Crippen molar-refractivity contribution in [1.82, 2.24) is 9.78 Å². The predicted octanol–water partition coefficient (Wildman–Crippen LogP) is 3.30. The van der Waals surface area contributed by atoms with Gasteiger partial charge in [-0.3, -0.25) is 9.59 Å². The van der Waals surface area contributed by atoms with E-state index in [2.05, 4.69) is 15.7 Å². The van der Waals surface area contributed by atoms with Gasteiger partial charge in [0.05, 0.1) is 12.7 Å². The van der Waals surface area contributed by atoms with Gasteiger partial charge in [0.15, 0.2) is 0 Å². The van der Waals surface area contributed by atoms with E-state index in [1.165, 1.54) is 18.2 Å². The van der Waals surface area contributed by atoms with Crippen LogP contribution in [0.2, 0.25) is 5.02 Å². The fraction of sp³-hybridized carbons (Fsp3) is 0.150. The molecule has 0 unspecified atom stereocenters. The van der Waals surface area contributed by atoms with Crippen LogP contribution in [-0.2, 0) is 21.5 Å². The highest BCUT2D eigenvalue weighted by Gasteiger charge is 2.54. The van der Waals surface area contributed by atoms with Gasteiger partial charge in [0.2, 0.25) is 11.8 Å². The van der Waals surface area contributed by atoms with Crippen LogP contribution in [0.5, 0.6) is 0 Å². The zero-order chi connectivity index (χ0) is 19.5. The number of amides is 2. The summed E-state index contributed by atoms with van der Waals surface area (Å²) in [6.07, 6.45) is 1.47. The number of anilines is 2. The Morgan fingerprint density at radius 2 is 1.89 bits per heavy atom. The second-order valence-corrected chi connectivity index (χ2v) is 7.40. The lowest BCUT2D eigenvalue weighted by Crippen LogP contribution is -2.43. The van der Waals surface area contributed by atoms with Crippen LogP contribution in [0.3, 0.4) is 0 Å². The van der Waals surface area contributed by atoms with Gasteiger partial charge in [0, 0.05) is 22.7 Å². The summed E-state index contributed by atoms with van der Waals surface area (Å²) < 4.78 is 15.6. The highest BCUT2D eigenvalue weighted by molar-refractivity contribution is 6.30. The quantitative estimate of drug-likeness (QED) is 0.697. The van der Waals surface area contributed by atoms with Gasteiger partial charge in [-0.1, -0.05) is 23.7 Å². The molecule has 1 aromatic heterocycles. The normalized spacial score (nSPS) is 19.9. The molecule has 0 saturated carbocycles. The van der Waals surface area contributed by atoms with Crippen molar-refractivity contribution in [2.24, 2.45) is 0 Å². The van der Waals surface area contributed by atoms with E-state index in [-0.39, 0.29) is 18.2 Å². The third kappa shape index (κ3) is 2.36. The van der Waals surface area contributed by atoms with E-state index in [1.807, 2.05) is 12.1 Å². The number of carbonyl (C=O) groups excluding carboxylic acids is 2. The van der Waals surface area contributed by atoms with Crippen LogP contribution >= 0.6 is 11.6 Å². The minimum absolute atomic E-state index is 0.102. The van der Waals surface area contributed by atoms with E-state index in [4.69, 9.17) is 11.6 Å². The van der Waals surface area contributed by atoms with Crippen molar-refractivity contribution in [3.05, 3.63) is 76.2 Å². The Hall–Kier alpha value is -3.19. The van der Waals surface area contributed by atoms with Crippen molar-refractivity contribution >= 4 is 34.9 Å².